The number of nitrogen functional groups attached to an aromatic ring is 1. The Hall–Kier alpha value is -9.86. The van der Waals surface area contributed by atoms with Crippen molar-refractivity contribution in [3.8, 4) is 23.0 Å². The number of phenolic OH excluding ortho intramolecular Hbond substituents is 3. The molecule has 2 heterocycles. The molecule has 0 spiro atoms. The number of carbonyl (C=O) groups excluding carboxylic acids is 1. The summed E-state index contributed by atoms with van der Waals surface area (Å²) in [6, 6.07) is 71.9. The van der Waals surface area contributed by atoms with E-state index >= 15 is 0 Å². The van der Waals surface area contributed by atoms with Crippen LogP contribution in [-0.2, 0) is 73.1 Å². The molecule has 0 radical (unpaired) electrons. The number of fused-ring (bicyclic) bond motifs is 3. The number of hydrogen-bond acceptors (Lipinski definition) is 25. The maximum atomic E-state index is 12.3. The molecule has 0 atom stereocenters. The zero-order chi connectivity index (χ0) is 103. The molecule has 20 aromatic carbocycles. The topological polar surface area (TPSA) is 486 Å². The third-order valence-corrected chi connectivity index (χ3v) is 34.1. The van der Waals surface area contributed by atoms with Crippen molar-refractivity contribution in [1.29, 1.82) is 0 Å². The van der Waals surface area contributed by atoms with Gasteiger partial charge in [-0.15, -0.1) is 0 Å². The number of halogens is 4. The van der Waals surface area contributed by atoms with E-state index in [2.05, 4.69) is 168 Å². The molecule has 0 aromatic heterocycles. The summed E-state index contributed by atoms with van der Waals surface area (Å²) < 4.78 is 190. The second-order valence-corrected chi connectivity index (χ2v) is 48.3. The standard InChI is InChI=1S/C40H45N4O.C18H9Cl3O8S3.C16H11BO3.C16H9BrO.C16H11NO9S3.3Na/c1-39(2)32-15-7-9-17-34(32)43(25-11-23-41)36(39)21-19-28-27-29(38(45)31-14-6-5-13-30(28)31)20-22-37-40(3,4)33-16-8-10-18-35(33)44(37)26-12-24-42;1-8(22)29-13-6-14(30(19,23)24)10-4-5-12-16(32(21,27)28)7-15(31(20,25)26)11-3-2-9(13)17(10)18(11)12;18-14-8-4-10-1-5-11-13(17(19)20)7-3-9-2-6-12(14)16(10)15(9)11;17-13-7-3-9-2-6-12-14(18)8-4-10-1-5-11(13)15(9)16(10)12;17-11-5-12(27(18,19)20)8-3-4-10-14(29(24,25)26)6-13(28(21,22)23)9-2-1-7(11)15(8)16(9)10;;;/h5-10,13-22,27H,11-12,23-26,41-42H2,1-4H3;2-7H,1H3;1-8,18-20H;1-8,18H;1-6H,17H2,(H,18,19,20)(H,21,22,23)(H,24,25,26);;;/q+1;;;;;3*+1/p-2. The third kappa shape index (κ3) is 20.6. The number of anilines is 1. The average Bonchev–Trinajstić information content (AvgIpc) is 1.60. The SMILES string of the molecule is CC(=O)Oc1cc(S(=O)(=O)Cl)c2ccc3c(S(=O)(=O)Cl)cc(S(=O)(=O)Cl)c4ccc1c2c43.CC1(C)C(/C=C/c2cc(/C=C/C3=[N+](CCCN)c4ccccc4C3(C)C)c3ccccc3c2O)=[N+](CCCN)c2ccccc21.Nc1cc(S(=O)(=O)[O-])c2ccc3c(S(=O)(=O)[O-])cc(S(=O)(=O)[O-])c4ccc1c2c43.OB(O)c1ccc2ccc3c(O)ccc4ccc1c2c43.Oc1ccc2ccc3c(Br)ccc4ccc1c2c43.[Na+].[Na+].[Na+]. The minimum Gasteiger partial charge on any atom is -0.744 e. The van der Waals surface area contributed by atoms with Gasteiger partial charge in [-0.2, -0.15) is 9.15 Å². The number of para-hydroxylation sites is 2. The van der Waals surface area contributed by atoms with Crippen molar-refractivity contribution < 1.29 is 197 Å². The zero-order valence-electron chi connectivity index (χ0n) is 79.6. The van der Waals surface area contributed by atoms with Crippen LogP contribution in [-0.4, -0.2) is 149 Å². The Kier molecular flexibility index (Phi) is 31.8. The van der Waals surface area contributed by atoms with Gasteiger partial charge < -0.3 is 61.0 Å². The van der Waals surface area contributed by atoms with Crippen molar-refractivity contribution in [2.75, 3.05) is 31.9 Å². The second kappa shape index (κ2) is 42.1. The van der Waals surface area contributed by atoms with Crippen molar-refractivity contribution in [2.45, 2.75) is 87.7 Å². The fraction of sp³-hybridized carbons (Fsp3) is 0.123. The number of carbonyl (C=O) groups is 1. The van der Waals surface area contributed by atoms with E-state index in [0.717, 1.165) is 133 Å². The molecule has 0 fully saturated rings. The number of esters is 1. The smallest absolute Gasteiger partial charge is 0.744 e. The minimum absolute atomic E-state index is 0. The predicted molar refractivity (Wildman–Crippen MR) is 570 cm³/mol. The molecule has 0 saturated carbocycles. The summed E-state index contributed by atoms with van der Waals surface area (Å²) in [5.41, 5.74) is 27.2. The summed E-state index contributed by atoms with van der Waals surface area (Å²) in [4.78, 5) is 7.44. The first kappa shape index (κ1) is 111. The van der Waals surface area contributed by atoms with E-state index in [1.54, 1.807) is 18.2 Å². The molecule has 41 heteroatoms. The summed E-state index contributed by atoms with van der Waals surface area (Å²) in [6.45, 7) is 13.3. The van der Waals surface area contributed by atoms with Crippen LogP contribution in [0.25, 0.3) is 152 Å². The van der Waals surface area contributed by atoms with Gasteiger partial charge in [-0.05, 0) is 166 Å². The molecule has 2 aliphatic heterocycles. The van der Waals surface area contributed by atoms with Crippen LogP contribution in [0.15, 0.2) is 295 Å². The van der Waals surface area contributed by atoms with E-state index in [0.29, 0.717) is 36.1 Å². The fourth-order valence-corrected chi connectivity index (χ4v) is 26.3. The van der Waals surface area contributed by atoms with Crippen LogP contribution >= 0.6 is 48.0 Å². The number of benzene rings is 20. The van der Waals surface area contributed by atoms with E-state index < -0.39 is 100.0 Å². The van der Waals surface area contributed by atoms with Crippen LogP contribution in [0.1, 0.15) is 69.7 Å². The number of nitrogens with zero attached hydrogens (tertiary/aromatic N) is 2. The van der Waals surface area contributed by atoms with Gasteiger partial charge in [-0.3, -0.25) is 4.79 Å². The predicted octanol–water partition coefficient (Wildman–Crippen LogP) is 10.6. The number of allylic oxidation sites excluding steroid dienone is 2. The average molecular weight is 2240 g/mol. The first-order chi connectivity index (χ1) is 67.9. The normalized spacial score (nSPS) is 13.8. The largest absolute Gasteiger partial charge is 1.00 e. The molecule has 11 N–H and O–H groups in total. The zero-order valence-corrected chi connectivity index (χ0v) is 94.3. The monoisotopic (exact) mass is 2230 g/mol. The quantitative estimate of drug-likeness (QED) is 0.00578. The van der Waals surface area contributed by atoms with E-state index in [9.17, 15) is 94.3 Å². The van der Waals surface area contributed by atoms with Crippen LogP contribution in [0.4, 0.5) is 17.1 Å². The maximum absolute atomic E-state index is 12.3. The Balaban J connectivity index is 0.000000142. The number of phenols is 3. The minimum atomic E-state index is -5.22. The molecule has 20 aromatic rings. The molecule has 0 bridgehead atoms. The van der Waals surface area contributed by atoms with E-state index in [-0.39, 0.29) is 181 Å². The van der Waals surface area contributed by atoms with Crippen LogP contribution < -0.4 is 116 Å². The summed E-state index contributed by atoms with van der Waals surface area (Å²) in [6.07, 6.45) is 10.6. The molecule has 0 saturated heterocycles. The fourth-order valence-electron chi connectivity index (χ4n) is 20.3. The van der Waals surface area contributed by atoms with Gasteiger partial charge in [0, 0.05) is 195 Å². The molecule has 732 valence electrons. The van der Waals surface area contributed by atoms with Gasteiger partial charge in [0.05, 0.1) is 40.2 Å². The summed E-state index contributed by atoms with van der Waals surface area (Å²) in [5.74, 6) is -0.0509. The molecule has 147 heavy (non-hydrogen) atoms. The van der Waals surface area contributed by atoms with Crippen LogP contribution in [0.3, 0.4) is 0 Å². The maximum Gasteiger partial charge on any atom is 1.00 e. The first-order valence-electron chi connectivity index (χ1n) is 44.5. The Morgan fingerprint density at radius 1 is 0.388 bits per heavy atom. The van der Waals surface area contributed by atoms with E-state index in [1.165, 1.54) is 91.9 Å². The van der Waals surface area contributed by atoms with Crippen LogP contribution in [0, 0.1) is 0 Å². The molecule has 0 unspecified atom stereocenters. The molecular formula is C106H83BBrCl3N5Na3O22S6+2. The third-order valence-electron chi connectivity index (χ3n) is 26.6. The van der Waals surface area contributed by atoms with Gasteiger partial charge >= 0.3 is 102 Å². The molecule has 22 rings (SSSR count). The number of aromatic hydroxyl groups is 3. The van der Waals surface area contributed by atoms with Gasteiger partial charge in [0.25, 0.3) is 27.2 Å². The first-order valence-corrected chi connectivity index (χ1v) is 56.4. The van der Waals surface area contributed by atoms with Gasteiger partial charge in [0.1, 0.15) is 53.4 Å². The summed E-state index contributed by atoms with van der Waals surface area (Å²) in [7, 11) is -13.6. The van der Waals surface area contributed by atoms with E-state index in [1.807, 2.05) is 66.7 Å². The van der Waals surface area contributed by atoms with Crippen LogP contribution in [0.2, 0.25) is 0 Å². The Morgan fingerprint density at radius 2 is 0.721 bits per heavy atom. The Bertz CT molecular complexity index is 9600. The number of ether oxygens (including phenoxy) is 1. The van der Waals surface area contributed by atoms with Crippen molar-refractivity contribution in [3.63, 3.8) is 0 Å². The number of rotatable bonds is 18. The van der Waals surface area contributed by atoms with Gasteiger partial charge in [-0.25, -0.2) is 50.5 Å². The Labute approximate surface area is 932 Å². The summed E-state index contributed by atoms with van der Waals surface area (Å²) >= 11 is 3.60. The molecular weight excluding hydrogens is 2150 g/mol. The summed E-state index contributed by atoms with van der Waals surface area (Å²) in [5, 5.41) is 64.6. The van der Waals surface area contributed by atoms with Crippen molar-refractivity contribution in [3.05, 3.63) is 288 Å². The van der Waals surface area contributed by atoms with Crippen molar-refractivity contribution in [2.24, 2.45) is 11.5 Å². The number of hydrogen-bond donors (Lipinski definition) is 8. The van der Waals surface area contributed by atoms with E-state index in [4.69, 9.17) is 54.0 Å². The Morgan fingerprint density at radius 3 is 1.16 bits per heavy atom. The van der Waals surface area contributed by atoms with Crippen LogP contribution in [0.5, 0.6) is 23.0 Å². The van der Waals surface area contributed by atoms with Crippen molar-refractivity contribution in [1.82, 2.24) is 0 Å². The van der Waals surface area contributed by atoms with Gasteiger partial charge in [-0.1, -0.05) is 198 Å². The molecule has 27 nitrogen and oxygen atoms in total. The second-order valence-electron chi connectivity index (χ2n) is 35.8. The van der Waals surface area contributed by atoms with Gasteiger partial charge in [0.2, 0.25) is 11.4 Å². The molecule has 2 aliphatic rings. The molecule has 0 aliphatic carbocycles. The number of nitrogens with two attached hydrogens (primary N) is 3. The molecule has 0 amide bonds. The van der Waals surface area contributed by atoms with Crippen molar-refractivity contribution >= 4 is 305 Å². The van der Waals surface area contributed by atoms with Gasteiger partial charge in [0.15, 0.2) is 24.5 Å².